The highest BCUT2D eigenvalue weighted by molar-refractivity contribution is 6.31. The fraction of sp³-hybridized carbons (Fsp3) is 0.667. The lowest BCUT2D eigenvalue weighted by Crippen LogP contribution is -2.10. The van der Waals surface area contributed by atoms with Crippen molar-refractivity contribution in [2.75, 3.05) is 6.61 Å². The van der Waals surface area contributed by atoms with Gasteiger partial charge in [-0.15, -0.1) is 0 Å². The minimum absolute atomic E-state index is 0.186. The standard InChI is InChI=1S/C9H15ClN2O/c1-3-12-9(4-7(2)6-13)8(10)5-11-12/h5,7,13H,3-4,6H2,1-2H3. The molecule has 1 heterocycles. The van der Waals surface area contributed by atoms with Gasteiger partial charge in [0.15, 0.2) is 0 Å². The number of halogens is 1. The van der Waals surface area contributed by atoms with Gasteiger partial charge in [-0.2, -0.15) is 5.10 Å². The van der Waals surface area contributed by atoms with Crippen molar-refractivity contribution < 1.29 is 5.11 Å². The second kappa shape index (κ2) is 4.63. The Hall–Kier alpha value is -0.540. The van der Waals surface area contributed by atoms with E-state index in [-0.39, 0.29) is 12.5 Å². The number of aromatic nitrogens is 2. The van der Waals surface area contributed by atoms with Crippen molar-refractivity contribution >= 4 is 11.6 Å². The van der Waals surface area contributed by atoms with Gasteiger partial charge in [0.25, 0.3) is 0 Å². The Bertz CT molecular complexity index is 273. The lowest BCUT2D eigenvalue weighted by atomic mass is 10.1. The van der Waals surface area contributed by atoms with E-state index in [1.54, 1.807) is 6.20 Å². The van der Waals surface area contributed by atoms with Gasteiger partial charge in [-0.05, 0) is 19.3 Å². The maximum absolute atomic E-state index is 8.92. The van der Waals surface area contributed by atoms with Crippen molar-refractivity contribution in [3.8, 4) is 0 Å². The molecule has 1 aromatic heterocycles. The van der Waals surface area contributed by atoms with Crippen LogP contribution in [0, 0.1) is 5.92 Å². The summed E-state index contributed by atoms with van der Waals surface area (Å²) in [5.41, 5.74) is 1.02. The number of nitrogens with zero attached hydrogens (tertiary/aromatic N) is 2. The highest BCUT2D eigenvalue weighted by Gasteiger charge is 2.11. The first-order valence-electron chi connectivity index (χ1n) is 4.50. The predicted octanol–water partition coefficient (Wildman–Crippen LogP) is 1.73. The predicted molar refractivity (Wildman–Crippen MR) is 52.9 cm³/mol. The zero-order valence-corrected chi connectivity index (χ0v) is 8.75. The molecule has 0 saturated heterocycles. The topological polar surface area (TPSA) is 38.0 Å². The Labute approximate surface area is 83.3 Å². The monoisotopic (exact) mass is 202 g/mol. The van der Waals surface area contributed by atoms with E-state index in [0.717, 1.165) is 18.7 Å². The first-order chi connectivity index (χ1) is 6.19. The van der Waals surface area contributed by atoms with E-state index >= 15 is 0 Å². The van der Waals surface area contributed by atoms with E-state index in [4.69, 9.17) is 16.7 Å². The molecule has 13 heavy (non-hydrogen) atoms. The maximum atomic E-state index is 8.92. The number of aliphatic hydroxyl groups is 1. The van der Waals surface area contributed by atoms with Crippen LogP contribution in [0.15, 0.2) is 6.20 Å². The number of aliphatic hydroxyl groups excluding tert-OH is 1. The molecule has 0 aliphatic heterocycles. The van der Waals surface area contributed by atoms with E-state index in [2.05, 4.69) is 5.10 Å². The Morgan fingerprint density at radius 1 is 1.69 bits per heavy atom. The van der Waals surface area contributed by atoms with Gasteiger partial charge in [0.2, 0.25) is 0 Å². The van der Waals surface area contributed by atoms with Crippen LogP contribution < -0.4 is 0 Å². The molecule has 0 saturated carbocycles. The van der Waals surface area contributed by atoms with Crippen molar-refractivity contribution in [3.63, 3.8) is 0 Å². The summed E-state index contributed by atoms with van der Waals surface area (Å²) in [7, 11) is 0. The van der Waals surface area contributed by atoms with Gasteiger partial charge >= 0.3 is 0 Å². The Morgan fingerprint density at radius 2 is 2.38 bits per heavy atom. The summed E-state index contributed by atoms with van der Waals surface area (Å²) in [5.74, 6) is 0.236. The Morgan fingerprint density at radius 3 is 2.92 bits per heavy atom. The molecule has 1 unspecified atom stereocenters. The van der Waals surface area contributed by atoms with Gasteiger partial charge < -0.3 is 5.11 Å². The molecule has 0 radical (unpaired) electrons. The average Bonchev–Trinajstić information content (AvgIpc) is 2.48. The van der Waals surface area contributed by atoms with Crippen molar-refractivity contribution in [1.29, 1.82) is 0 Å². The molecule has 0 fully saturated rings. The third-order valence-electron chi connectivity index (χ3n) is 2.05. The minimum atomic E-state index is 0.186. The van der Waals surface area contributed by atoms with Crippen molar-refractivity contribution in [2.45, 2.75) is 26.8 Å². The molecular weight excluding hydrogens is 188 g/mol. The van der Waals surface area contributed by atoms with Crippen LogP contribution in [-0.2, 0) is 13.0 Å². The molecular formula is C9H15ClN2O. The Balaban J connectivity index is 2.79. The highest BCUT2D eigenvalue weighted by atomic mass is 35.5. The van der Waals surface area contributed by atoms with E-state index in [1.807, 2.05) is 18.5 Å². The van der Waals surface area contributed by atoms with Gasteiger partial charge in [0, 0.05) is 13.2 Å². The van der Waals surface area contributed by atoms with Gasteiger partial charge in [-0.1, -0.05) is 18.5 Å². The maximum Gasteiger partial charge on any atom is 0.0817 e. The van der Waals surface area contributed by atoms with Crippen LogP contribution in [0.4, 0.5) is 0 Å². The minimum Gasteiger partial charge on any atom is -0.396 e. The number of hydrogen-bond donors (Lipinski definition) is 1. The molecule has 4 heteroatoms. The summed E-state index contributed by atoms with van der Waals surface area (Å²) >= 11 is 5.96. The molecule has 0 aromatic carbocycles. The summed E-state index contributed by atoms with van der Waals surface area (Å²) in [4.78, 5) is 0. The molecule has 0 bridgehead atoms. The number of rotatable bonds is 4. The van der Waals surface area contributed by atoms with Crippen molar-refractivity contribution in [2.24, 2.45) is 5.92 Å². The van der Waals surface area contributed by atoms with Crippen LogP contribution >= 0.6 is 11.6 Å². The number of aryl methyl sites for hydroxylation is 1. The molecule has 74 valence electrons. The van der Waals surface area contributed by atoms with Crippen LogP contribution in [0.1, 0.15) is 19.5 Å². The van der Waals surface area contributed by atoms with Crippen molar-refractivity contribution in [1.82, 2.24) is 9.78 Å². The first-order valence-corrected chi connectivity index (χ1v) is 4.87. The third-order valence-corrected chi connectivity index (χ3v) is 2.37. The van der Waals surface area contributed by atoms with E-state index < -0.39 is 0 Å². The lowest BCUT2D eigenvalue weighted by molar-refractivity contribution is 0.235. The molecule has 0 amide bonds. The van der Waals surface area contributed by atoms with Gasteiger partial charge in [0.05, 0.1) is 16.9 Å². The van der Waals surface area contributed by atoms with Gasteiger partial charge in [0.1, 0.15) is 0 Å². The molecule has 0 spiro atoms. The summed E-state index contributed by atoms with van der Waals surface area (Å²) in [5, 5.41) is 13.7. The third kappa shape index (κ3) is 2.45. The Kier molecular flexibility index (Phi) is 3.75. The molecule has 0 aliphatic carbocycles. The summed E-state index contributed by atoms with van der Waals surface area (Å²) in [6.45, 7) is 5.02. The molecule has 1 rings (SSSR count). The van der Waals surface area contributed by atoms with E-state index in [9.17, 15) is 0 Å². The molecule has 1 aromatic rings. The fourth-order valence-corrected chi connectivity index (χ4v) is 1.48. The van der Waals surface area contributed by atoms with Crippen LogP contribution in [0.25, 0.3) is 0 Å². The van der Waals surface area contributed by atoms with Crippen LogP contribution in [0.3, 0.4) is 0 Å². The van der Waals surface area contributed by atoms with Gasteiger partial charge in [-0.3, -0.25) is 4.68 Å². The van der Waals surface area contributed by atoms with E-state index in [0.29, 0.717) is 5.02 Å². The fourth-order valence-electron chi connectivity index (χ4n) is 1.26. The summed E-state index contributed by atoms with van der Waals surface area (Å²) in [6.07, 6.45) is 2.44. The van der Waals surface area contributed by atoms with Gasteiger partial charge in [-0.25, -0.2) is 0 Å². The number of hydrogen-bond acceptors (Lipinski definition) is 2. The largest absolute Gasteiger partial charge is 0.396 e. The first kappa shape index (κ1) is 10.5. The SMILES string of the molecule is CCn1ncc(Cl)c1CC(C)CO. The summed E-state index contributed by atoms with van der Waals surface area (Å²) in [6, 6.07) is 0. The lowest BCUT2D eigenvalue weighted by Gasteiger charge is -2.09. The van der Waals surface area contributed by atoms with Crippen molar-refractivity contribution in [3.05, 3.63) is 16.9 Å². The second-order valence-corrected chi connectivity index (χ2v) is 3.65. The average molecular weight is 203 g/mol. The molecule has 3 nitrogen and oxygen atoms in total. The highest BCUT2D eigenvalue weighted by Crippen LogP contribution is 2.18. The van der Waals surface area contributed by atoms with E-state index in [1.165, 1.54) is 0 Å². The zero-order chi connectivity index (χ0) is 9.84. The molecule has 1 atom stereocenters. The smallest absolute Gasteiger partial charge is 0.0817 e. The molecule has 1 N–H and O–H groups in total. The quantitative estimate of drug-likeness (QED) is 0.808. The normalized spacial score (nSPS) is 13.2. The van der Waals surface area contributed by atoms with Crippen LogP contribution in [0.5, 0.6) is 0 Å². The summed E-state index contributed by atoms with van der Waals surface area (Å²) < 4.78 is 1.87. The van der Waals surface area contributed by atoms with Crippen LogP contribution in [0.2, 0.25) is 5.02 Å². The van der Waals surface area contributed by atoms with Crippen LogP contribution in [-0.4, -0.2) is 21.5 Å². The zero-order valence-electron chi connectivity index (χ0n) is 8.00. The molecule has 0 aliphatic rings. The second-order valence-electron chi connectivity index (χ2n) is 3.25.